The van der Waals surface area contributed by atoms with Crippen LogP contribution in [0.3, 0.4) is 0 Å². The summed E-state index contributed by atoms with van der Waals surface area (Å²) in [6.45, 7) is 7.81. The maximum atomic E-state index is 12.6. The quantitative estimate of drug-likeness (QED) is 0.927. The number of amides is 2. The molecule has 21 heavy (non-hydrogen) atoms. The van der Waals surface area contributed by atoms with Gasteiger partial charge in [-0.15, -0.1) is 0 Å². The van der Waals surface area contributed by atoms with E-state index in [-0.39, 0.29) is 17.7 Å². The standard InChI is InChI=1S/C17H24N2O2/c1-4-18-16(20)14-6-5-7-19(11-14)17(21)15-9-12(2)8-13(3)10-15/h8-10,14H,4-7,11H2,1-3H3,(H,18,20). The van der Waals surface area contributed by atoms with E-state index in [1.165, 1.54) is 0 Å². The van der Waals surface area contributed by atoms with Crippen molar-refractivity contribution in [3.05, 3.63) is 34.9 Å². The number of nitrogens with zero attached hydrogens (tertiary/aromatic N) is 1. The number of carbonyl (C=O) groups is 2. The number of hydrogen-bond donors (Lipinski definition) is 1. The number of benzene rings is 1. The lowest BCUT2D eigenvalue weighted by atomic mass is 9.96. The van der Waals surface area contributed by atoms with Gasteiger partial charge in [-0.3, -0.25) is 9.59 Å². The lowest BCUT2D eigenvalue weighted by molar-refractivity contribution is -0.126. The summed E-state index contributed by atoms with van der Waals surface area (Å²) < 4.78 is 0. The van der Waals surface area contributed by atoms with Crippen LogP contribution in [0.2, 0.25) is 0 Å². The summed E-state index contributed by atoms with van der Waals surface area (Å²) in [5.41, 5.74) is 2.91. The van der Waals surface area contributed by atoms with E-state index in [1.54, 1.807) is 0 Å². The minimum Gasteiger partial charge on any atom is -0.356 e. The van der Waals surface area contributed by atoms with Crippen LogP contribution in [0.25, 0.3) is 0 Å². The van der Waals surface area contributed by atoms with Gasteiger partial charge < -0.3 is 10.2 Å². The van der Waals surface area contributed by atoms with E-state index in [2.05, 4.69) is 11.4 Å². The van der Waals surface area contributed by atoms with E-state index in [0.29, 0.717) is 13.1 Å². The fourth-order valence-corrected chi connectivity index (χ4v) is 2.97. The highest BCUT2D eigenvalue weighted by Crippen LogP contribution is 2.20. The molecule has 0 aliphatic carbocycles. The summed E-state index contributed by atoms with van der Waals surface area (Å²) in [5.74, 6) is 0.0276. The molecule has 0 saturated carbocycles. The molecule has 2 amide bonds. The molecule has 1 aliphatic rings. The van der Waals surface area contributed by atoms with Crippen molar-refractivity contribution in [1.29, 1.82) is 0 Å². The molecule has 0 radical (unpaired) electrons. The van der Waals surface area contributed by atoms with E-state index < -0.39 is 0 Å². The van der Waals surface area contributed by atoms with Crippen molar-refractivity contribution in [2.75, 3.05) is 19.6 Å². The Hall–Kier alpha value is -1.84. The summed E-state index contributed by atoms with van der Waals surface area (Å²) in [6.07, 6.45) is 1.75. The van der Waals surface area contributed by atoms with Crippen LogP contribution in [0, 0.1) is 19.8 Å². The van der Waals surface area contributed by atoms with Gasteiger partial charge in [-0.1, -0.05) is 17.2 Å². The van der Waals surface area contributed by atoms with Gasteiger partial charge >= 0.3 is 0 Å². The molecular weight excluding hydrogens is 264 g/mol. The van der Waals surface area contributed by atoms with Crippen molar-refractivity contribution in [2.24, 2.45) is 5.92 Å². The molecule has 1 aromatic rings. The Balaban J connectivity index is 2.10. The topological polar surface area (TPSA) is 49.4 Å². The van der Waals surface area contributed by atoms with E-state index >= 15 is 0 Å². The number of rotatable bonds is 3. The molecular formula is C17H24N2O2. The van der Waals surface area contributed by atoms with Crippen LogP contribution in [0.15, 0.2) is 18.2 Å². The van der Waals surface area contributed by atoms with Gasteiger partial charge in [0.05, 0.1) is 5.92 Å². The number of nitrogens with one attached hydrogen (secondary N) is 1. The zero-order valence-electron chi connectivity index (χ0n) is 13.1. The fourth-order valence-electron chi connectivity index (χ4n) is 2.97. The highest BCUT2D eigenvalue weighted by atomic mass is 16.2. The normalized spacial score (nSPS) is 18.4. The number of piperidine rings is 1. The zero-order valence-corrected chi connectivity index (χ0v) is 13.1. The minimum absolute atomic E-state index is 0.0378. The van der Waals surface area contributed by atoms with Crippen LogP contribution in [0.1, 0.15) is 41.3 Å². The summed E-state index contributed by atoms with van der Waals surface area (Å²) in [7, 11) is 0. The minimum atomic E-state index is -0.0754. The first-order chi connectivity index (χ1) is 10.0. The third kappa shape index (κ3) is 3.84. The van der Waals surface area contributed by atoms with E-state index in [1.807, 2.05) is 37.8 Å². The van der Waals surface area contributed by atoms with Gasteiger partial charge in [0.15, 0.2) is 0 Å². The second-order valence-corrected chi connectivity index (χ2v) is 5.86. The van der Waals surface area contributed by atoms with Crippen LogP contribution >= 0.6 is 0 Å². The molecule has 1 fully saturated rings. The van der Waals surface area contributed by atoms with Crippen LogP contribution in [-0.2, 0) is 4.79 Å². The van der Waals surface area contributed by atoms with E-state index in [4.69, 9.17) is 0 Å². The second kappa shape index (κ2) is 6.74. The molecule has 0 spiro atoms. The first-order valence-corrected chi connectivity index (χ1v) is 7.66. The van der Waals surface area contributed by atoms with Crippen molar-refractivity contribution in [3.8, 4) is 0 Å². The van der Waals surface area contributed by atoms with Crippen LogP contribution in [0.4, 0.5) is 0 Å². The summed E-state index contributed by atoms with van der Waals surface area (Å²) in [6, 6.07) is 5.90. The average Bonchev–Trinajstić information content (AvgIpc) is 2.46. The Morgan fingerprint density at radius 2 is 1.90 bits per heavy atom. The van der Waals surface area contributed by atoms with Gasteiger partial charge in [-0.05, 0) is 45.7 Å². The molecule has 0 bridgehead atoms. The predicted molar refractivity (Wildman–Crippen MR) is 83.2 cm³/mol. The van der Waals surface area contributed by atoms with Gasteiger partial charge in [0, 0.05) is 25.2 Å². The predicted octanol–water partition coefficient (Wildman–Crippen LogP) is 2.29. The zero-order chi connectivity index (χ0) is 15.4. The molecule has 1 N–H and O–H groups in total. The Morgan fingerprint density at radius 3 is 2.52 bits per heavy atom. The first kappa shape index (κ1) is 15.5. The molecule has 1 heterocycles. The highest BCUT2D eigenvalue weighted by molar-refractivity contribution is 5.95. The second-order valence-electron chi connectivity index (χ2n) is 5.86. The average molecular weight is 288 g/mol. The third-order valence-electron chi connectivity index (χ3n) is 3.90. The summed E-state index contributed by atoms with van der Waals surface area (Å²) in [5, 5.41) is 2.86. The number of carbonyl (C=O) groups excluding carboxylic acids is 2. The molecule has 0 aromatic heterocycles. The maximum Gasteiger partial charge on any atom is 0.253 e. The van der Waals surface area contributed by atoms with Crippen molar-refractivity contribution >= 4 is 11.8 Å². The van der Waals surface area contributed by atoms with Gasteiger partial charge in [-0.25, -0.2) is 0 Å². The molecule has 2 rings (SSSR count). The Bertz CT molecular complexity index is 519. The van der Waals surface area contributed by atoms with Crippen molar-refractivity contribution in [3.63, 3.8) is 0 Å². The Labute approximate surface area is 126 Å². The van der Waals surface area contributed by atoms with Crippen LogP contribution in [-0.4, -0.2) is 36.3 Å². The van der Waals surface area contributed by atoms with Crippen LogP contribution in [0.5, 0.6) is 0 Å². The molecule has 4 nitrogen and oxygen atoms in total. The number of likely N-dealkylation sites (tertiary alicyclic amines) is 1. The van der Waals surface area contributed by atoms with Gasteiger partial charge in [0.25, 0.3) is 5.91 Å². The highest BCUT2D eigenvalue weighted by Gasteiger charge is 2.28. The number of aryl methyl sites for hydroxylation is 2. The van der Waals surface area contributed by atoms with Gasteiger partial charge in [0.1, 0.15) is 0 Å². The smallest absolute Gasteiger partial charge is 0.253 e. The third-order valence-corrected chi connectivity index (χ3v) is 3.90. The number of hydrogen-bond acceptors (Lipinski definition) is 2. The summed E-state index contributed by atoms with van der Waals surface area (Å²) >= 11 is 0. The Morgan fingerprint density at radius 1 is 1.24 bits per heavy atom. The van der Waals surface area contributed by atoms with Crippen molar-refractivity contribution < 1.29 is 9.59 Å². The molecule has 1 unspecified atom stereocenters. The molecule has 1 aromatic carbocycles. The largest absolute Gasteiger partial charge is 0.356 e. The SMILES string of the molecule is CCNC(=O)C1CCCN(C(=O)c2cc(C)cc(C)c2)C1. The Kier molecular flexibility index (Phi) is 4.99. The monoisotopic (exact) mass is 288 g/mol. The van der Waals surface area contributed by atoms with Crippen LogP contribution < -0.4 is 5.32 Å². The fraction of sp³-hybridized carbons (Fsp3) is 0.529. The van der Waals surface area contributed by atoms with E-state index in [0.717, 1.165) is 36.1 Å². The molecule has 1 aliphatic heterocycles. The molecule has 1 saturated heterocycles. The first-order valence-electron chi connectivity index (χ1n) is 7.66. The maximum absolute atomic E-state index is 12.6. The van der Waals surface area contributed by atoms with Crippen molar-refractivity contribution in [1.82, 2.24) is 10.2 Å². The molecule has 114 valence electrons. The lowest BCUT2D eigenvalue weighted by Gasteiger charge is -2.32. The van der Waals surface area contributed by atoms with Gasteiger partial charge in [-0.2, -0.15) is 0 Å². The van der Waals surface area contributed by atoms with E-state index in [9.17, 15) is 9.59 Å². The summed E-state index contributed by atoms with van der Waals surface area (Å²) in [4.78, 5) is 26.4. The lowest BCUT2D eigenvalue weighted by Crippen LogP contribution is -2.45. The van der Waals surface area contributed by atoms with Gasteiger partial charge in [0.2, 0.25) is 5.91 Å². The molecule has 4 heteroatoms. The van der Waals surface area contributed by atoms with Crippen molar-refractivity contribution in [2.45, 2.75) is 33.6 Å². The molecule has 1 atom stereocenters.